The normalized spacial score (nSPS) is 9.72. The Bertz CT molecular complexity index is 448. The van der Waals surface area contributed by atoms with E-state index in [4.69, 9.17) is 16.3 Å². The first-order chi connectivity index (χ1) is 8.62. The van der Waals surface area contributed by atoms with Crippen molar-refractivity contribution in [3.05, 3.63) is 23.8 Å². The van der Waals surface area contributed by atoms with E-state index < -0.39 is 5.97 Å². The maximum Gasteiger partial charge on any atom is 0.337 e. The summed E-state index contributed by atoms with van der Waals surface area (Å²) in [6, 6.07) is 4.62. The first-order valence-corrected chi connectivity index (χ1v) is 5.86. The molecule has 0 atom stereocenters. The van der Waals surface area contributed by atoms with Crippen LogP contribution in [0.3, 0.4) is 0 Å². The van der Waals surface area contributed by atoms with E-state index in [0.29, 0.717) is 23.6 Å². The van der Waals surface area contributed by atoms with E-state index in [9.17, 15) is 9.59 Å². The number of anilines is 1. The van der Waals surface area contributed by atoms with Crippen molar-refractivity contribution >= 4 is 29.2 Å². The van der Waals surface area contributed by atoms with E-state index in [2.05, 4.69) is 10.1 Å². The van der Waals surface area contributed by atoms with Gasteiger partial charge < -0.3 is 14.8 Å². The minimum atomic E-state index is -0.467. The number of amides is 1. The van der Waals surface area contributed by atoms with Gasteiger partial charge in [0.25, 0.3) is 0 Å². The highest BCUT2D eigenvalue weighted by atomic mass is 35.5. The molecule has 0 aliphatic carbocycles. The summed E-state index contributed by atoms with van der Waals surface area (Å²) in [5.74, 6) is -0.557. The fourth-order valence-corrected chi connectivity index (χ4v) is 1.40. The Hall–Kier alpha value is -1.75. The van der Waals surface area contributed by atoms with Crippen molar-refractivity contribution < 1.29 is 19.1 Å². The number of benzene rings is 1. The molecule has 5 nitrogen and oxygen atoms in total. The number of nitrogens with one attached hydrogen (secondary N) is 1. The Morgan fingerprint density at radius 1 is 1.39 bits per heavy atom. The van der Waals surface area contributed by atoms with Crippen LogP contribution in [0.2, 0.25) is 0 Å². The van der Waals surface area contributed by atoms with Crippen LogP contribution in [0.25, 0.3) is 0 Å². The Kier molecular flexibility index (Phi) is 5.45. The molecule has 18 heavy (non-hydrogen) atoms. The molecule has 0 aromatic heterocycles. The van der Waals surface area contributed by atoms with E-state index in [1.807, 2.05) is 0 Å². The van der Waals surface area contributed by atoms with Gasteiger partial charge in [-0.2, -0.15) is 0 Å². The molecule has 0 aliphatic heterocycles. The molecule has 6 heteroatoms. The number of esters is 1. The molecule has 0 unspecified atom stereocenters. The molecule has 1 amide bonds. The van der Waals surface area contributed by atoms with Gasteiger partial charge in [-0.05, 0) is 25.1 Å². The summed E-state index contributed by atoms with van der Waals surface area (Å²) in [5, 5.41) is 2.58. The summed E-state index contributed by atoms with van der Waals surface area (Å²) >= 11 is 5.41. The summed E-state index contributed by atoms with van der Waals surface area (Å²) in [5.41, 5.74) is 0.819. The van der Waals surface area contributed by atoms with Gasteiger partial charge >= 0.3 is 5.97 Å². The number of halogens is 1. The molecule has 0 saturated heterocycles. The predicted octanol–water partition coefficient (Wildman–Crippen LogP) is 2.05. The van der Waals surface area contributed by atoms with Crippen LogP contribution in [0.5, 0.6) is 5.75 Å². The highest BCUT2D eigenvalue weighted by molar-refractivity contribution is 6.29. The van der Waals surface area contributed by atoms with Crippen molar-refractivity contribution in [2.45, 2.75) is 6.92 Å². The molecule has 1 aromatic carbocycles. The number of hydrogen-bond acceptors (Lipinski definition) is 4. The van der Waals surface area contributed by atoms with Crippen molar-refractivity contribution in [1.82, 2.24) is 0 Å². The Labute approximate surface area is 110 Å². The number of carbonyl (C=O) groups is 2. The molecule has 98 valence electrons. The van der Waals surface area contributed by atoms with Crippen molar-refractivity contribution in [3.8, 4) is 5.75 Å². The lowest BCUT2D eigenvalue weighted by molar-refractivity contribution is -0.113. The van der Waals surface area contributed by atoms with Gasteiger partial charge in [0.2, 0.25) is 5.91 Å². The Morgan fingerprint density at radius 3 is 2.67 bits per heavy atom. The van der Waals surface area contributed by atoms with Gasteiger partial charge in [-0.25, -0.2) is 4.79 Å². The molecule has 0 heterocycles. The first kappa shape index (κ1) is 14.3. The van der Waals surface area contributed by atoms with Gasteiger partial charge in [0, 0.05) is 0 Å². The smallest absolute Gasteiger partial charge is 0.337 e. The molecule has 0 radical (unpaired) electrons. The third kappa shape index (κ3) is 3.63. The van der Waals surface area contributed by atoms with Crippen LogP contribution >= 0.6 is 11.6 Å². The van der Waals surface area contributed by atoms with Crippen LogP contribution in [0.15, 0.2) is 18.2 Å². The molecule has 0 aliphatic rings. The third-order valence-corrected chi connectivity index (χ3v) is 2.34. The van der Waals surface area contributed by atoms with Gasteiger partial charge in [0.05, 0.1) is 25.0 Å². The summed E-state index contributed by atoms with van der Waals surface area (Å²) in [7, 11) is 1.30. The van der Waals surface area contributed by atoms with Crippen molar-refractivity contribution in [1.29, 1.82) is 0 Å². The van der Waals surface area contributed by atoms with Crippen molar-refractivity contribution in [2.75, 3.05) is 24.9 Å². The summed E-state index contributed by atoms with van der Waals surface area (Å²) in [6.07, 6.45) is 0. The number of hydrogen-bond donors (Lipinski definition) is 1. The predicted molar refractivity (Wildman–Crippen MR) is 68.3 cm³/mol. The van der Waals surface area contributed by atoms with Crippen LogP contribution in [0.1, 0.15) is 17.3 Å². The molecule has 1 N–H and O–H groups in total. The van der Waals surface area contributed by atoms with Crippen LogP contribution in [0.4, 0.5) is 5.69 Å². The second kappa shape index (κ2) is 6.86. The van der Waals surface area contributed by atoms with E-state index in [-0.39, 0.29) is 11.8 Å². The zero-order valence-corrected chi connectivity index (χ0v) is 10.9. The molecule has 1 aromatic rings. The SMILES string of the molecule is CCOc1cc(C(=O)OC)ccc1NC(=O)CCl. The lowest BCUT2D eigenvalue weighted by Crippen LogP contribution is -2.14. The van der Waals surface area contributed by atoms with Crippen LogP contribution in [-0.2, 0) is 9.53 Å². The molecule has 0 fully saturated rings. The lowest BCUT2D eigenvalue weighted by atomic mass is 10.2. The van der Waals surface area contributed by atoms with Gasteiger partial charge in [-0.1, -0.05) is 0 Å². The molecule has 1 rings (SSSR count). The molecule has 0 saturated carbocycles. The number of alkyl halides is 1. The zero-order valence-electron chi connectivity index (χ0n) is 10.2. The quantitative estimate of drug-likeness (QED) is 0.658. The Balaban J connectivity index is 3.03. The van der Waals surface area contributed by atoms with Gasteiger partial charge in [-0.15, -0.1) is 11.6 Å². The number of carbonyl (C=O) groups excluding carboxylic acids is 2. The van der Waals surface area contributed by atoms with E-state index in [1.54, 1.807) is 13.0 Å². The number of ether oxygens (including phenoxy) is 2. The van der Waals surface area contributed by atoms with Crippen LogP contribution in [-0.4, -0.2) is 31.5 Å². The average molecular weight is 272 g/mol. The fourth-order valence-electron chi connectivity index (χ4n) is 1.33. The van der Waals surface area contributed by atoms with Gasteiger partial charge in [0.1, 0.15) is 11.6 Å². The maximum atomic E-state index is 11.4. The average Bonchev–Trinajstić information content (AvgIpc) is 2.39. The molecule has 0 bridgehead atoms. The molecular formula is C12H14ClNO4. The molecular weight excluding hydrogens is 258 g/mol. The van der Waals surface area contributed by atoms with Crippen molar-refractivity contribution in [2.24, 2.45) is 0 Å². The summed E-state index contributed by atoms with van der Waals surface area (Å²) in [6.45, 7) is 2.21. The van der Waals surface area contributed by atoms with Crippen LogP contribution in [0, 0.1) is 0 Å². The minimum Gasteiger partial charge on any atom is -0.492 e. The van der Waals surface area contributed by atoms with Gasteiger partial charge in [-0.3, -0.25) is 4.79 Å². The topological polar surface area (TPSA) is 64.6 Å². The first-order valence-electron chi connectivity index (χ1n) is 5.33. The van der Waals surface area contributed by atoms with E-state index >= 15 is 0 Å². The lowest BCUT2D eigenvalue weighted by Gasteiger charge is -2.12. The van der Waals surface area contributed by atoms with Gasteiger partial charge in [0.15, 0.2) is 0 Å². The monoisotopic (exact) mass is 271 g/mol. The molecule has 0 spiro atoms. The third-order valence-electron chi connectivity index (χ3n) is 2.10. The van der Waals surface area contributed by atoms with Crippen molar-refractivity contribution in [3.63, 3.8) is 0 Å². The standard InChI is InChI=1S/C12H14ClNO4/c1-3-18-10-6-8(12(16)17-2)4-5-9(10)14-11(15)7-13/h4-6H,3,7H2,1-2H3,(H,14,15). The second-order valence-corrected chi connectivity index (χ2v) is 3.58. The highest BCUT2D eigenvalue weighted by Crippen LogP contribution is 2.26. The largest absolute Gasteiger partial charge is 0.492 e. The summed E-state index contributed by atoms with van der Waals surface area (Å²) < 4.78 is 9.96. The Morgan fingerprint density at radius 2 is 2.11 bits per heavy atom. The number of methoxy groups -OCH3 is 1. The fraction of sp³-hybridized carbons (Fsp3) is 0.333. The second-order valence-electron chi connectivity index (χ2n) is 3.32. The summed E-state index contributed by atoms with van der Waals surface area (Å²) in [4.78, 5) is 22.6. The zero-order chi connectivity index (χ0) is 13.5. The minimum absolute atomic E-state index is 0.148. The maximum absolute atomic E-state index is 11.4. The number of rotatable bonds is 5. The highest BCUT2D eigenvalue weighted by Gasteiger charge is 2.12. The van der Waals surface area contributed by atoms with E-state index in [0.717, 1.165) is 0 Å². The van der Waals surface area contributed by atoms with E-state index in [1.165, 1.54) is 19.2 Å². The van der Waals surface area contributed by atoms with Crippen LogP contribution < -0.4 is 10.1 Å².